The molecule has 0 amide bonds. The summed E-state index contributed by atoms with van der Waals surface area (Å²) >= 11 is 0. The molecule has 1 atom stereocenters. The van der Waals surface area contributed by atoms with E-state index in [0.717, 1.165) is 6.42 Å². The summed E-state index contributed by atoms with van der Waals surface area (Å²) in [5.41, 5.74) is 4.18. The van der Waals surface area contributed by atoms with Crippen LogP contribution in [0.2, 0.25) is 0 Å². The lowest BCUT2D eigenvalue weighted by Gasteiger charge is -2.29. The quantitative estimate of drug-likeness (QED) is 0.552. The lowest BCUT2D eigenvalue weighted by molar-refractivity contribution is 0.268. The van der Waals surface area contributed by atoms with Gasteiger partial charge in [0.15, 0.2) is 0 Å². The minimum atomic E-state index is 0.159. The van der Waals surface area contributed by atoms with Gasteiger partial charge in [-0.3, -0.25) is 11.3 Å². The number of hydrazine groups is 1. The van der Waals surface area contributed by atoms with Crippen molar-refractivity contribution in [3.8, 4) is 0 Å². The summed E-state index contributed by atoms with van der Waals surface area (Å²) in [5.74, 6) is 5.49. The normalized spacial score (nSPS) is 14.5. The fourth-order valence-corrected chi connectivity index (χ4v) is 1.26. The third-order valence-electron chi connectivity index (χ3n) is 2.27. The maximum absolute atomic E-state index is 5.49. The fourth-order valence-electron chi connectivity index (χ4n) is 1.26. The number of hydrogen-bond donors (Lipinski definition) is 2. The Morgan fingerprint density at radius 1 is 1.54 bits per heavy atom. The van der Waals surface area contributed by atoms with Crippen LogP contribution in [0.4, 0.5) is 0 Å². The van der Waals surface area contributed by atoms with Crippen LogP contribution in [0, 0.1) is 5.41 Å². The zero-order valence-corrected chi connectivity index (χ0v) is 8.50. The van der Waals surface area contributed by atoms with Crippen molar-refractivity contribution in [2.45, 2.75) is 33.2 Å². The van der Waals surface area contributed by atoms with Crippen molar-refractivity contribution in [3.63, 3.8) is 0 Å². The van der Waals surface area contributed by atoms with Gasteiger partial charge in [-0.1, -0.05) is 20.8 Å². The first-order valence-corrected chi connectivity index (χ1v) is 4.51. The molecular formula is C10H18N2O. The van der Waals surface area contributed by atoms with E-state index in [2.05, 4.69) is 26.2 Å². The molecular weight excluding hydrogens is 164 g/mol. The summed E-state index contributed by atoms with van der Waals surface area (Å²) < 4.78 is 5.00. The summed E-state index contributed by atoms with van der Waals surface area (Å²) in [4.78, 5) is 0. The molecule has 0 fully saturated rings. The van der Waals surface area contributed by atoms with Gasteiger partial charge in [-0.15, -0.1) is 0 Å². The highest BCUT2D eigenvalue weighted by molar-refractivity contribution is 5.08. The smallest absolute Gasteiger partial charge is 0.0935 e. The summed E-state index contributed by atoms with van der Waals surface area (Å²) in [6.07, 6.45) is 4.35. The minimum Gasteiger partial charge on any atom is -0.472 e. The highest BCUT2D eigenvalue weighted by Crippen LogP contribution is 2.21. The van der Waals surface area contributed by atoms with Crippen molar-refractivity contribution in [2.24, 2.45) is 11.3 Å². The molecule has 0 aromatic carbocycles. The first-order valence-electron chi connectivity index (χ1n) is 4.51. The maximum Gasteiger partial charge on any atom is 0.0935 e. The van der Waals surface area contributed by atoms with Gasteiger partial charge in [-0.2, -0.15) is 0 Å². The largest absolute Gasteiger partial charge is 0.472 e. The van der Waals surface area contributed by atoms with E-state index in [0.29, 0.717) is 0 Å². The highest BCUT2D eigenvalue weighted by atomic mass is 16.3. The van der Waals surface area contributed by atoms with Gasteiger partial charge in [0.2, 0.25) is 0 Å². The fraction of sp³-hybridized carbons (Fsp3) is 0.600. The van der Waals surface area contributed by atoms with Gasteiger partial charge in [0, 0.05) is 6.04 Å². The van der Waals surface area contributed by atoms with Crippen molar-refractivity contribution in [1.29, 1.82) is 0 Å². The van der Waals surface area contributed by atoms with Gasteiger partial charge in [0.05, 0.1) is 12.5 Å². The summed E-state index contributed by atoms with van der Waals surface area (Å²) in [5, 5.41) is 0. The number of furan rings is 1. The molecule has 74 valence electrons. The van der Waals surface area contributed by atoms with Gasteiger partial charge in [0.1, 0.15) is 0 Å². The van der Waals surface area contributed by atoms with E-state index in [1.807, 2.05) is 6.07 Å². The first kappa shape index (κ1) is 10.3. The van der Waals surface area contributed by atoms with Gasteiger partial charge < -0.3 is 4.42 Å². The van der Waals surface area contributed by atoms with Crippen LogP contribution in [0.15, 0.2) is 23.0 Å². The van der Waals surface area contributed by atoms with Crippen molar-refractivity contribution in [2.75, 3.05) is 0 Å². The topological polar surface area (TPSA) is 51.2 Å². The Hall–Kier alpha value is -0.800. The molecule has 3 nitrogen and oxygen atoms in total. The molecule has 0 aliphatic carbocycles. The molecule has 0 saturated heterocycles. The predicted molar refractivity (Wildman–Crippen MR) is 53.0 cm³/mol. The van der Waals surface area contributed by atoms with Crippen LogP contribution in [-0.2, 0) is 6.42 Å². The molecule has 0 aliphatic heterocycles. The first-order chi connectivity index (χ1) is 6.04. The molecule has 1 aromatic rings. The molecule has 1 heterocycles. The summed E-state index contributed by atoms with van der Waals surface area (Å²) in [6.45, 7) is 6.49. The van der Waals surface area contributed by atoms with Crippen LogP contribution >= 0.6 is 0 Å². The molecule has 1 rings (SSSR count). The van der Waals surface area contributed by atoms with Crippen LogP contribution in [0.25, 0.3) is 0 Å². The summed E-state index contributed by atoms with van der Waals surface area (Å²) in [6, 6.07) is 2.24. The lowest BCUT2D eigenvalue weighted by Crippen LogP contribution is -2.45. The van der Waals surface area contributed by atoms with E-state index >= 15 is 0 Å². The van der Waals surface area contributed by atoms with Crippen molar-refractivity contribution >= 4 is 0 Å². The second-order valence-corrected chi connectivity index (χ2v) is 4.42. The van der Waals surface area contributed by atoms with E-state index in [1.165, 1.54) is 5.56 Å². The Labute approximate surface area is 79.3 Å². The number of rotatable bonds is 3. The minimum absolute atomic E-state index is 0.159. The Kier molecular flexibility index (Phi) is 3.12. The van der Waals surface area contributed by atoms with Crippen molar-refractivity contribution in [3.05, 3.63) is 24.2 Å². The molecule has 0 saturated carbocycles. The van der Waals surface area contributed by atoms with E-state index in [1.54, 1.807) is 12.5 Å². The predicted octanol–water partition coefficient (Wildman–Crippen LogP) is 1.70. The summed E-state index contributed by atoms with van der Waals surface area (Å²) in [7, 11) is 0. The highest BCUT2D eigenvalue weighted by Gasteiger charge is 2.23. The zero-order valence-electron chi connectivity index (χ0n) is 8.50. The van der Waals surface area contributed by atoms with Crippen LogP contribution in [0.5, 0.6) is 0 Å². The van der Waals surface area contributed by atoms with Crippen LogP contribution in [0.3, 0.4) is 0 Å². The van der Waals surface area contributed by atoms with E-state index in [4.69, 9.17) is 10.3 Å². The molecule has 0 bridgehead atoms. The van der Waals surface area contributed by atoms with Crippen LogP contribution in [-0.4, -0.2) is 6.04 Å². The maximum atomic E-state index is 5.49. The molecule has 1 aromatic heterocycles. The average molecular weight is 182 g/mol. The van der Waals surface area contributed by atoms with E-state index in [9.17, 15) is 0 Å². The van der Waals surface area contributed by atoms with Crippen molar-refractivity contribution in [1.82, 2.24) is 5.43 Å². The van der Waals surface area contributed by atoms with Gasteiger partial charge in [-0.05, 0) is 23.5 Å². The average Bonchev–Trinajstić information content (AvgIpc) is 2.49. The molecule has 0 spiro atoms. The van der Waals surface area contributed by atoms with Gasteiger partial charge in [0.25, 0.3) is 0 Å². The number of nitrogens with one attached hydrogen (secondary N) is 1. The Morgan fingerprint density at radius 3 is 2.62 bits per heavy atom. The number of hydrogen-bond acceptors (Lipinski definition) is 3. The molecule has 0 radical (unpaired) electrons. The molecule has 1 unspecified atom stereocenters. The molecule has 3 heteroatoms. The van der Waals surface area contributed by atoms with E-state index < -0.39 is 0 Å². The van der Waals surface area contributed by atoms with Gasteiger partial charge in [-0.25, -0.2) is 0 Å². The lowest BCUT2D eigenvalue weighted by atomic mass is 9.84. The Balaban J connectivity index is 2.60. The van der Waals surface area contributed by atoms with Gasteiger partial charge >= 0.3 is 0 Å². The molecule has 3 N–H and O–H groups in total. The van der Waals surface area contributed by atoms with E-state index in [-0.39, 0.29) is 11.5 Å². The monoisotopic (exact) mass is 182 g/mol. The SMILES string of the molecule is CC(C)(C)C(Cc1ccoc1)NN. The second-order valence-electron chi connectivity index (χ2n) is 4.42. The zero-order chi connectivity index (χ0) is 9.90. The Morgan fingerprint density at radius 2 is 2.23 bits per heavy atom. The second kappa shape index (κ2) is 3.94. The molecule has 13 heavy (non-hydrogen) atoms. The number of nitrogens with two attached hydrogens (primary N) is 1. The third kappa shape index (κ3) is 2.86. The van der Waals surface area contributed by atoms with Crippen LogP contribution < -0.4 is 11.3 Å². The Bertz CT molecular complexity index is 236. The third-order valence-corrected chi connectivity index (χ3v) is 2.27. The molecule has 0 aliphatic rings. The standard InChI is InChI=1S/C10H18N2O/c1-10(2,3)9(12-11)6-8-4-5-13-7-8/h4-5,7,9,12H,6,11H2,1-3H3. The van der Waals surface area contributed by atoms with Crippen LogP contribution in [0.1, 0.15) is 26.3 Å². The van der Waals surface area contributed by atoms with Crippen molar-refractivity contribution < 1.29 is 4.42 Å².